The van der Waals surface area contributed by atoms with Crippen LogP contribution in [-0.2, 0) is 4.79 Å². The van der Waals surface area contributed by atoms with E-state index in [1.807, 2.05) is 76.5 Å². The summed E-state index contributed by atoms with van der Waals surface area (Å²) >= 11 is 0. The molecule has 210 valence electrons. The fraction of sp³-hybridized carbons (Fsp3) is 0.333. The second-order valence-electron chi connectivity index (χ2n) is 11.6. The average Bonchev–Trinajstić information content (AvgIpc) is 3.73. The first-order valence-electron chi connectivity index (χ1n) is 14.3. The molecule has 4 heterocycles. The molecule has 0 aliphatic carbocycles. The van der Waals surface area contributed by atoms with Gasteiger partial charge in [-0.25, -0.2) is 0 Å². The first kappa shape index (κ1) is 26.7. The lowest BCUT2D eigenvalue weighted by Gasteiger charge is -2.38. The van der Waals surface area contributed by atoms with Crippen LogP contribution in [0.1, 0.15) is 47.7 Å². The standard InChI is InChI=1S/C33H35N5O3/c1-21(2)15-30(36(3)31(39)29-16-23-11-7-8-12-27(23)35-29)33(41)38-20-25-17-26(38)19-37(25)32(40)28-14-13-24(18-34-28)22-9-5-4-6-10-22/h4-14,16,18,21,25-26,30,35H,15,17,19-20H2,1-3H3/t25-,26?,30-/m0/s1. The second kappa shape index (κ2) is 10.8. The number of nitrogens with zero attached hydrogens (tertiary/aromatic N) is 4. The monoisotopic (exact) mass is 549 g/mol. The van der Waals surface area contributed by atoms with Crippen LogP contribution in [0.25, 0.3) is 22.0 Å². The van der Waals surface area contributed by atoms with Gasteiger partial charge in [0.25, 0.3) is 11.8 Å². The van der Waals surface area contributed by atoms with Crippen LogP contribution in [0.2, 0.25) is 0 Å². The van der Waals surface area contributed by atoms with Crippen molar-refractivity contribution in [3.8, 4) is 11.1 Å². The number of pyridine rings is 1. The van der Waals surface area contributed by atoms with Gasteiger partial charge in [0.15, 0.2) is 0 Å². The van der Waals surface area contributed by atoms with Crippen molar-refractivity contribution in [2.75, 3.05) is 20.1 Å². The Morgan fingerprint density at radius 3 is 2.29 bits per heavy atom. The molecule has 0 radical (unpaired) electrons. The molecule has 1 N–H and O–H groups in total. The van der Waals surface area contributed by atoms with Gasteiger partial charge < -0.3 is 19.7 Å². The quantitative estimate of drug-likeness (QED) is 0.357. The molecule has 3 atom stereocenters. The van der Waals surface area contributed by atoms with Gasteiger partial charge in [-0.2, -0.15) is 0 Å². The summed E-state index contributed by atoms with van der Waals surface area (Å²) in [5.41, 5.74) is 3.79. The molecular weight excluding hydrogens is 514 g/mol. The number of nitrogens with one attached hydrogen (secondary N) is 1. The summed E-state index contributed by atoms with van der Waals surface area (Å²) in [5.74, 6) is -0.124. The highest BCUT2D eigenvalue weighted by Gasteiger charge is 2.49. The van der Waals surface area contributed by atoms with E-state index >= 15 is 0 Å². The molecule has 3 amide bonds. The Bertz CT molecular complexity index is 1550. The molecule has 0 spiro atoms. The molecule has 0 saturated carbocycles. The number of likely N-dealkylation sites (N-methyl/N-ethyl adjacent to an activating group) is 1. The molecule has 2 saturated heterocycles. The first-order valence-corrected chi connectivity index (χ1v) is 14.3. The van der Waals surface area contributed by atoms with Crippen LogP contribution >= 0.6 is 0 Å². The van der Waals surface area contributed by atoms with Crippen LogP contribution in [0.3, 0.4) is 0 Å². The summed E-state index contributed by atoms with van der Waals surface area (Å²) in [7, 11) is 1.72. The molecule has 1 unspecified atom stereocenters. The molecule has 2 bridgehead atoms. The summed E-state index contributed by atoms with van der Waals surface area (Å²) in [6.45, 7) is 5.08. The van der Waals surface area contributed by atoms with E-state index in [2.05, 4.69) is 23.8 Å². The Hall–Kier alpha value is -4.46. The summed E-state index contributed by atoms with van der Waals surface area (Å²) < 4.78 is 0. The number of hydrogen-bond acceptors (Lipinski definition) is 4. The van der Waals surface area contributed by atoms with E-state index in [0.717, 1.165) is 28.5 Å². The predicted molar refractivity (Wildman–Crippen MR) is 158 cm³/mol. The normalized spacial score (nSPS) is 18.7. The van der Waals surface area contributed by atoms with E-state index in [0.29, 0.717) is 30.9 Å². The van der Waals surface area contributed by atoms with Crippen LogP contribution in [0.4, 0.5) is 0 Å². The van der Waals surface area contributed by atoms with Crippen molar-refractivity contribution in [3.63, 3.8) is 0 Å². The Morgan fingerprint density at radius 2 is 1.63 bits per heavy atom. The number of rotatable bonds is 7. The Labute approximate surface area is 240 Å². The van der Waals surface area contributed by atoms with Crippen LogP contribution in [0.5, 0.6) is 0 Å². The number of fused-ring (bicyclic) bond motifs is 3. The highest BCUT2D eigenvalue weighted by Crippen LogP contribution is 2.33. The van der Waals surface area contributed by atoms with Crippen molar-refractivity contribution in [2.24, 2.45) is 5.92 Å². The molecular formula is C33H35N5O3. The van der Waals surface area contributed by atoms with Gasteiger partial charge in [0, 0.05) is 42.8 Å². The first-order chi connectivity index (χ1) is 19.8. The van der Waals surface area contributed by atoms with E-state index in [1.165, 1.54) is 0 Å². The minimum Gasteiger partial charge on any atom is -0.351 e. The number of para-hydroxylation sites is 1. The van der Waals surface area contributed by atoms with Crippen LogP contribution < -0.4 is 0 Å². The number of carbonyl (C=O) groups is 3. The van der Waals surface area contributed by atoms with Crippen molar-refractivity contribution in [3.05, 3.63) is 90.4 Å². The summed E-state index contributed by atoms with van der Waals surface area (Å²) in [6.07, 6.45) is 3.05. The molecule has 2 aromatic carbocycles. The van der Waals surface area contributed by atoms with Crippen molar-refractivity contribution >= 4 is 28.6 Å². The zero-order valence-corrected chi connectivity index (χ0v) is 23.7. The van der Waals surface area contributed by atoms with E-state index in [4.69, 9.17) is 0 Å². The predicted octanol–water partition coefficient (Wildman–Crippen LogP) is 4.84. The third kappa shape index (κ3) is 5.10. The largest absolute Gasteiger partial charge is 0.351 e. The maximum absolute atomic E-state index is 13.9. The minimum absolute atomic E-state index is 0.0457. The van der Waals surface area contributed by atoms with Gasteiger partial charge in [-0.15, -0.1) is 0 Å². The Balaban J connectivity index is 1.14. The van der Waals surface area contributed by atoms with E-state index < -0.39 is 6.04 Å². The maximum atomic E-state index is 13.9. The van der Waals surface area contributed by atoms with E-state index in [9.17, 15) is 14.4 Å². The van der Waals surface area contributed by atoms with Gasteiger partial charge in [0.2, 0.25) is 5.91 Å². The van der Waals surface area contributed by atoms with Gasteiger partial charge in [-0.05, 0) is 42.5 Å². The zero-order valence-electron chi connectivity index (χ0n) is 23.7. The van der Waals surface area contributed by atoms with Crippen LogP contribution in [-0.4, -0.2) is 80.7 Å². The smallest absolute Gasteiger partial charge is 0.272 e. The molecule has 41 heavy (non-hydrogen) atoms. The molecule has 8 nitrogen and oxygen atoms in total. The lowest BCUT2D eigenvalue weighted by atomic mass is 10.0. The fourth-order valence-electron chi connectivity index (χ4n) is 6.24. The van der Waals surface area contributed by atoms with Crippen molar-refractivity contribution in [2.45, 2.75) is 44.8 Å². The van der Waals surface area contributed by atoms with Gasteiger partial charge in [-0.3, -0.25) is 19.4 Å². The number of carbonyl (C=O) groups excluding carboxylic acids is 3. The lowest BCUT2D eigenvalue weighted by Crippen LogP contribution is -2.56. The SMILES string of the molecule is CC(C)C[C@@H](C(=O)N1C[C@@H]2CC1CN2C(=O)c1ccc(-c2ccccc2)cn1)N(C)C(=O)c1cc2ccccc2[nH]1. The molecule has 2 fully saturated rings. The number of aromatic nitrogens is 2. The van der Waals surface area contributed by atoms with Gasteiger partial charge >= 0.3 is 0 Å². The Kier molecular flexibility index (Phi) is 7.07. The topological polar surface area (TPSA) is 89.6 Å². The van der Waals surface area contributed by atoms with Crippen LogP contribution in [0, 0.1) is 5.92 Å². The number of amides is 3. The summed E-state index contributed by atoms with van der Waals surface area (Å²) in [5, 5.41) is 0.960. The second-order valence-corrected chi connectivity index (χ2v) is 11.6. The zero-order chi connectivity index (χ0) is 28.7. The number of hydrogen-bond donors (Lipinski definition) is 1. The summed E-state index contributed by atoms with van der Waals surface area (Å²) in [6, 6.07) is 22.6. The van der Waals surface area contributed by atoms with Crippen LogP contribution in [0.15, 0.2) is 79.0 Å². The van der Waals surface area contributed by atoms with Gasteiger partial charge in [0.1, 0.15) is 17.4 Å². The van der Waals surface area contributed by atoms with Crippen molar-refractivity contribution < 1.29 is 14.4 Å². The highest BCUT2D eigenvalue weighted by atomic mass is 16.2. The minimum atomic E-state index is -0.579. The molecule has 2 aromatic heterocycles. The number of likely N-dealkylation sites (tertiary alicyclic amines) is 2. The van der Waals surface area contributed by atoms with E-state index in [1.54, 1.807) is 24.2 Å². The number of H-pyrrole nitrogens is 1. The molecule has 6 rings (SSSR count). The number of piperazine rings is 1. The summed E-state index contributed by atoms with van der Waals surface area (Å²) in [4.78, 5) is 53.8. The molecule has 4 aromatic rings. The number of aromatic amines is 1. The maximum Gasteiger partial charge on any atom is 0.272 e. The molecule has 8 heteroatoms. The third-order valence-corrected chi connectivity index (χ3v) is 8.40. The molecule has 2 aliphatic heterocycles. The van der Waals surface area contributed by atoms with Gasteiger partial charge in [0.05, 0.1) is 12.1 Å². The number of benzene rings is 2. The third-order valence-electron chi connectivity index (χ3n) is 8.40. The van der Waals surface area contributed by atoms with Gasteiger partial charge in [-0.1, -0.05) is 68.4 Å². The average molecular weight is 550 g/mol. The Morgan fingerprint density at radius 1 is 0.927 bits per heavy atom. The highest BCUT2D eigenvalue weighted by molar-refractivity contribution is 6.00. The van der Waals surface area contributed by atoms with Crippen molar-refractivity contribution in [1.82, 2.24) is 24.7 Å². The lowest BCUT2D eigenvalue weighted by molar-refractivity contribution is -0.138. The van der Waals surface area contributed by atoms with Crippen molar-refractivity contribution in [1.29, 1.82) is 0 Å². The van der Waals surface area contributed by atoms with E-state index in [-0.39, 0.29) is 35.7 Å². The molecule has 2 aliphatic rings. The fourth-order valence-corrected chi connectivity index (χ4v) is 6.24.